The van der Waals surface area contributed by atoms with Crippen molar-refractivity contribution in [1.82, 2.24) is 4.57 Å². The highest BCUT2D eigenvalue weighted by Gasteiger charge is 2.16. The summed E-state index contributed by atoms with van der Waals surface area (Å²) in [4.78, 5) is 0. The molecular formula is C36H21NOS. The molecule has 0 aliphatic carbocycles. The average Bonchev–Trinajstić information content (AvgIpc) is 3.65. The molecule has 0 amide bonds. The zero-order valence-corrected chi connectivity index (χ0v) is 21.7. The van der Waals surface area contributed by atoms with Gasteiger partial charge in [0, 0.05) is 53.5 Å². The van der Waals surface area contributed by atoms with Crippen molar-refractivity contribution in [3.63, 3.8) is 0 Å². The Bertz CT molecular complexity index is 2380. The quantitative estimate of drug-likeness (QED) is 0.224. The Morgan fingerprint density at radius 1 is 0.487 bits per heavy atom. The second kappa shape index (κ2) is 7.83. The zero-order valence-electron chi connectivity index (χ0n) is 20.9. The molecule has 0 fully saturated rings. The highest BCUT2D eigenvalue weighted by atomic mass is 32.1. The van der Waals surface area contributed by atoms with E-state index in [0.717, 1.165) is 33.1 Å². The molecule has 0 bridgehead atoms. The molecule has 0 N–H and O–H groups in total. The maximum absolute atomic E-state index is 6.28. The number of para-hydroxylation sites is 2. The number of nitrogens with zero attached hydrogens (tertiary/aromatic N) is 1. The van der Waals surface area contributed by atoms with Crippen molar-refractivity contribution in [2.24, 2.45) is 0 Å². The minimum absolute atomic E-state index is 0.917. The molecule has 0 aliphatic rings. The third kappa shape index (κ3) is 2.96. The SMILES string of the molecule is c1ccc2c(c1)oc1cc3c(cc12)c1ccccc1n3-c1ccc(-c2cccc3c2sc2ccccc23)cc1. The number of thiophene rings is 1. The molecule has 9 aromatic rings. The van der Waals surface area contributed by atoms with Gasteiger partial charge in [-0.1, -0.05) is 84.9 Å². The number of benzene rings is 6. The lowest BCUT2D eigenvalue weighted by molar-refractivity contribution is 0.669. The van der Waals surface area contributed by atoms with Crippen LogP contribution in [0.15, 0.2) is 132 Å². The number of aromatic nitrogens is 1. The van der Waals surface area contributed by atoms with Crippen LogP contribution >= 0.6 is 11.3 Å². The van der Waals surface area contributed by atoms with Crippen molar-refractivity contribution in [3.05, 3.63) is 127 Å². The Balaban J connectivity index is 1.26. The molecule has 0 radical (unpaired) electrons. The van der Waals surface area contributed by atoms with Crippen LogP contribution in [0.4, 0.5) is 0 Å². The Kier molecular flexibility index (Phi) is 4.24. The lowest BCUT2D eigenvalue weighted by atomic mass is 10.0. The highest BCUT2D eigenvalue weighted by Crippen LogP contribution is 2.41. The molecule has 0 unspecified atom stereocenters. The van der Waals surface area contributed by atoms with E-state index in [1.165, 1.54) is 47.6 Å². The summed E-state index contributed by atoms with van der Waals surface area (Å²) >= 11 is 1.88. The van der Waals surface area contributed by atoms with E-state index in [2.05, 4.69) is 120 Å². The fourth-order valence-corrected chi connectivity index (χ4v) is 7.47. The lowest BCUT2D eigenvalue weighted by Crippen LogP contribution is -1.93. The van der Waals surface area contributed by atoms with Crippen LogP contribution in [0.3, 0.4) is 0 Å². The van der Waals surface area contributed by atoms with Crippen LogP contribution in [0.25, 0.3) is 80.7 Å². The van der Waals surface area contributed by atoms with E-state index in [1.54, 1.807) is 0 Å². The first-order chi connectivity index (χ1) is 19.3. The van der Waals surface area contributed by atoms with Crippen LogP contribution in [0, 0.1) is 0 Å². The van der Waals surface area contributed by atoms with Crippen LogP contribution in [-0.4, -0.2) is 4.57 Å². The predicted molar refractivity (Wildman–Crippen MR) is 166 cm³/mol. The van der Waals surface area contributed by atoms with E-state index in [4.69, 9.17) is 4.42 Å². The largest absolute Gasteiger partial charge is 0.456 e. The van der Waals surface area contributed by atoms with Gasteiger partial charge in [0.2, 0.25) is 0 Å². The van der Waals surface area contributed by atoms with Crippen molar-refractivity contribution < 1.29 is 4.42 Å². The summed E-state index contributed by atoms with van der Waals surface area (Å²) in [6.07, 6.45) is 0. The van der Waals surface area contributed by atoms with Gasteiger partial charge in [-0.15, -0.1) is 11.3 Å². The minimum Gasteiger partial charge on any atom is -0.456 e. The number of rotatable bonds is 2. The molecule has 0 saturated heterocycles. The number of hydrogen-bond donors (Lipinski definition) is 0. The van der Waals surface area contributed by atoms with E-state index < -0.39 is 0 Å². The van der Waals surface area contributed by atoms with E-state index in [0.29, 0.717) is 0 Å². The van der Waals surface area contributed by atoms with Crippen LogP contribution in [0.1, 0.15) is 0 Å². The van der Waals surface area contributed by atoms with Gasteiger partial charge >= 0.3 is 0 Å². The summed E-state index contributed by atoms with van der Waals surface area (Å²) < 4.78 is 11.3. The van der Waals surface area contributed by atoms with Gasteiger partial charge < -0.3 is 8.98 Å². The normalized spacial score (nSPS) is 12.1. The standard InChI is InChI=1S/C36H21NOS/c1-4-13-31-25(8-1)29-20-30-26-9-2-5-14-33(26)38-34(30)21-32(29)37(31)23-18-16-22(17-19-23)24-11-7-12-28-27-10-3-6-15-35(27)39-36(24)28/h1-21H. The predicted octanol–water partition coefficient (Wildman–Crippen LogP) is 10.7. The lowest BCUT2D eigenvalue weighted by Gasteiger charge is -2.10. The third-order valence-corrected chi connectivity index (χ3v) is 9.23. The fraction of sp³-hybridized carbons (Fsp3) is 0. The van der Waals surface area contributed by atoms with Gasteiger partial charge in [-0.3, -0.25) is 0 Å². The maximum Gasteiger partial charge on any atom is 0.137 e. The van der Waals surface area contributed by atoms with Crippen molar-refractivity contribution in [1.29, 1.82) is 0 Å². The summed E-state index contributed by atoms with van der Waals surface area (Å²) in [5.74, 6) is 0. The van der Waals surface area contributed by atoms with E-state index in [1.807, 2.05) is 23.5 Å². The van der Waals surface area contributed by atoms with Crippen LogP contribution < -0.4 is 0 Å². The molecule has 3 heteroatoms. The molecule has 3 heterocycles. The summed E-state index contributed by atoms with van der Waals surface area (Å²) in [7, 11) is 0. The smallest absolute Gasteiger partial charge is 0.137 e. The first-order valence-corrected chi connectivity index (χ1v) is 14.0. The Morgan fingerprint density at radius 3 is 2.13 bits per heavy atom. The average molecular weight is 516 g/mol. The molecule has 39 heavy (non-hydrogen) atoms. The monoisotopic (exact) mass is 515 g/mol. The molecule has 2 nitrogen and oxygen atoms in total. The Hall–Kier alpha value is -4.86. The van der Waals surface area contributed by atoms with Crippen molar-refractivity contribution in [2.75, 3.05) is 0 Å². The van der Waals surface area contributed by atoms with Gasteiger partial charge in [-0.25, -0.2) is 0 Å². The van der Waals surface area contributed by atoms with E-state index in [9.17, 15) is 0 Å². The molecule has 0 aliphatic heterocycles. The van der Waals surface area contributed by atoms with Crippen molar-refractivity contribution in [3.8, 4) is 16.8 Å². The number of furan rings is 1. The van der Waals surface area contributed by atoms with Crippen LogP contribution in [0.5, 0.6) is 0 Å². The zero-order chi connectivity index (χ0) is 25.5. The van der Waals surface area contributed by atoms with Gasteiger partial charge in [0.1, 0.15) is 11.2 Å². The van der Waals surface area contributed by atoms with E-state index >= 15 is 0 Å². The van der Waals surface area contributed by atoms with Gasteiger partial charge in [-0.2, -0.15) is 0 Å². The molecule has 0 spiro atoms. The van der Waals surface area contributed by atoms with Crippen molar-refractivity contribution >= 4 is 75.3 Å². The number of hydrogen-bond acceptors (Lipinski definition) is 2. The fourth-order valence-electron chi connectivity index (χ4n) is 6.23. The second-order valence-electron chi connectivity index (χ2n) is 10.1. The van der Waals surface area contributed by atoms with Gasteiger partial charge in [-0.05, 0) is 47.5 Å². The molecular weight excluding hydrogens is 494 g/mol. The van der Waals surface area contributed by atoms with Crippen LogP contribution in [-0.2, 0) is 0 Å². The van der Waals surface area contributed by atoms with Gasteiger partial charge in [0.05, 0.1) is 11.0 Å². The van der Waals surface area contributed by atoms with Crippen molar-refractivity contribution in [2.45, 2.75) is 0 Å². The topological polar surface area (TPSA) is 18.1 Å². The molecule has 3 aromatic heterocycles. The summed E-state index contributed by atoms with van der Waals surface area (Å²) in [6, 6.07) is 45.8. The summed E-state index contributed by atoms with van der Waals surface area (Å²) in [5, 5.41) is 7.47. The number of fused-ring (bicyclic) bond motifs is 9. The molecule has 0 atom stereocenters. The highest BCUT2D eigenvalue weighted by molar-refractivity contribution is 7.26. The Labute approximate surface area is 227 Å². The minimum atomic E-state index is 0.917. The molecule has 0 saturated carbocycles. The third-order valence-electron chi connectivity index (χ3n) is 8.01. The molecule has 182 valence electrons. The maximum atomic E-state index is 6.28. The van der Waals surface area contributed by atoms with Crippen LogP contribution in [0.2, 0.25) is 0 Å². The second-order valence-corrected chi connectivity index (χ2v) is 11.2. The van der Waals surface area contributed by atoms with E-state index in [-0.39, 0.29) is 0 Å². The molecule has 9 rings (SSSR count). The Morgan fingerprint density at radius 2 is 1.23 bits per heavy atom. The van der Waals surface area contributed by atoms with Gasteiger partial charge in [0.15, 0.2) is 0 Å². The summed E-state index contributed by atoms with van der Waals surface area (Å²) in [5.41, 5.74) is 7.86. The molecule has 6 aromatic carbocycles. The first-order valence-electron chi connectivity index (χ1n) is 13.2. The summed E-state index contributed by atoms with van der Waals surface area (Å²) in [6.45, 7) is 0. The van der Waals surface area contributed by atoms with Gasteiger partial charge in [0.25, 0.3) is 0 Å². The first kappa shape index (κ1) is 21.1.